The Morgan fingerprint density at radius 3 is 2.89 bits per heavy atom. The van der Waals surface area contributed by atoms with E-state index in [0.29, 0.717) is 18.6 Å². The average Bonchev–Trinajstić information content (AvgIpc) is 3.36. The number of hydrogen-bond acceptors (Lipinski definition) is 6. The summed E-state index contributed by atoms with van der Waals surface area (Å²) in [6.45, 7) is 1.96. The SMILES string of the molecule is CN(C(=O)/C=C/c1ccoc1)[C@@H]1CC[C@@]2(O)C3Cc4ccc(O)c5c4[C@@]2(CCN3CC2CC2)[C@H]1O5. The Kier molecular flexibility index (Phi) is 4.53. The number of carbonyl (C=O) groups is 1. The number of phenolic OH excluding ortho intramolecular Hbond substituents is 1. The number of likely N-dealkylation sites (tertiary alicyclic amines) is 1. The first-order valence-corrected chi connectivity index (χ1v) is 12.9. The first-order chi connectivity index (χ1) is 16.9. The minimum absolute atomic E-state index is 0.0360. The molecule has 3 heterocycles. The number of benzene rings is 1. The van der Waals surface area contributed by atoms with Crippen molar-refractivity contribution >= 4 is 12.0 Å². The lowest BCUT2D eigenvalue weighted by Crippen LogP contribution is -2.78. The number of aliphatic hydroxyl groups is 1. The van der Waals surface area contributed by atoms with Crippen molar-refractivity contribution in [1.29, 1.82) is 0 Å². The molecule has 2 bridgehead atoms. The molecule has 184 valence electrons. The zero-order valence-corrected chi connectivity index (χ0v) is 20.0. The highest BCUT2D eigenvalue weighted by atomic mass is 16.5. The highest BCUT2D eigenvalue weighted by Crippen LogP contribution is 2.66. The fourth-order valence-corrected chi connectivity index (χ4v) is 7.67. The van der Waals surface area contributed by atoms with Gasteiger partial charge in [-0.3, -0.25) is 9.69 Å². The second kappa shape index (κ2) is 7.37. The molecule has 1 aromatic heterocycles. The van der Waals surface area contributed by atoms with Crippen LogP contribution in [0, 0.1) is 5.92 Å². The van der Waals surface area contributed by atoms with Gasteiger partial charge >= 0.3 is 0 Å². The largest absolute Gasteiger partial charge is 0.504 e. The van der Waals surface area contributed by atoms with Gasteiger partial charge in [0, 0.05) is 36.8 Å². The van der Waals surface area contributed by atoms with E-state index in [1.165, 1.54) is 18.4 Å². The van der Waals surface area contributed by atoms with Gasteiger partial charge in [-0.05, 0) is 74.8 Å². The molecule has 7 nitrogen and oxygen atoms in total. The van der Waals surface area contributed by atoms with Crippen molar-refractivity contribution in [2.45, 2.75) is 67.7 Å². The third-order valence-corrected chi connectivity index (χ3v) is 9.54. The lowest BCUT2D eigenvalue weighted by Gasteiger charge is -2.64. The van der Waals surface area contributed by atoms with Crippen molar-refractivity contribution in [1.82, 2.24) is 9.80 Å². The molecule has 7 rings (SSSR count). The molecule has 0 radical (unpaired) electrons. The maximum Gasteiger partial charge on any atom is 0.246 e. The van der Waals surface area contributed by atoms with Crippen LogP contribution in [0.5, 0.6) is 11.5 Å². The minimum atomic E-state index is -0.941. The predicted molar refractivity (Wildman–Crippen MR) is 129 cm³/mol. The van der Waals surface area contributed by atoms with Crippen LogP contribution in [-0.4, -0.2) is 69.8 Å². The van der Waals surface area contributed by atoms with E-state index >= 15 is 0 Å². The second-order valence-electron chi connectivity index (χ2n) is 11.2. The van der Waals surface area contributed by atoms with Crippen molar-refractivity contribution in [2.24, 2.45) is 5.92 Å². The molecule has 35 heavy (non-hydrogen) atoms. The first-order valence-electron chi connectivity index (χ1n) is 12.9. The molecule has 2 saturated carbocycles. The van der Waals surface area contributed by atoms with Crippen molar-refractivity contribution in [3.05, 3.63) is 53.5 Å². The van der Waals surface area contributed by atoms with Gasteiger partial charge in [-0.1, -0.05) is 6.07 Å². The third kappa shape index (κ3) is 2.88. The van der Waals surface area contributed by atoms with Gasteiger partial charge in [0.15, 0.2) is 11.5 Å². The van der Waals surface area contributed by atoms with Gasteiger partial charge in [-0.2, -0.15) is 0 Å². The Balaban J connectivity index is 1.28. The maximum absolute atomic E-state index is 13.2. The number of phenols is 1. The molecule has 1 amide bonds. The van der Waals surface area contributed by atoms with Crippen LogP contribution in [0.15, 0.2) is 41.2 Å². The quantitative estimate of drug-likeness (QED) is 0.645. The predicted octanol–water partition coefficient (Wildman–Crippen LogP) is 3.09. The van der Waals surface area contributed by atoms with Crippen molar-refractivity contribution < 1.29 is 24.2 Å². The number of amides is 1. The van der Waals surface area contributed by atoms with Gasteiger partial charge in [0.1, 0.15) is 6.10 Å². The zero-order chi connectivity index (χ0) is 23.9. The molecule has 1 spiro atoms. The van der Waals surface area contributed by atoms with Crippen LogP contribution in [-0.2, 0) is 16.6 Å². The molecule has 5 atom stereocenters. The number of likely N-dealkylation sites (N-methyl/N-ethyl adjacent to an activating group) is 1. The van der Waals surface area contributed by atoms with Crippen LogP contribution in [0.3, 0.4) is 0 Å². The van der Waals surface area contributed by atoms with Crippen LogP contribution in [0.25, 0.3) is 6.08 Å². The second-order valence-corrected chi connectivity index (χ2v) is 11.2. The molecule has 1 unspecified atom stereocenters. The van der Waals surface area contributed by atoms with Gasteiger partial charge in [0.25, 0.3) is 0 Å². The van der Waals surface area contributed by atoms with E-state index in [0.717, 1.165) is 43.0 Å². The minimum Gasteiger partial charge on any atom is -0.504 e. The summed E-state index contributed by atoms with van der Waals surface area (Å²) in [6, 6.07) is 5.38. The third-order valence-electron chi connectivity index (χ3n) is 9.54. The maximum atomic E-state index is 13.2. The summed E-state index contributed by atoms with van der Waals surface area (Å²) in [4.78, 5) is 17.5. The van der Waals surface area contributed by atoms with E-state index in [1.807, 2.05) is 19.2 Å². The number of furan rings is 1. The standard InChI is InChI=1S/C28H32N2O5/c1-29(23(32)7-4-18-9-13-34-16-18)20-8-10-28(33)22-14-19-5-6-21(31)25-24(19)27(28,26(20)35-25)11-12-30(22)15-17-2-3-17/h4-7,9,13,16-17,20,22,26,31,33H,2-3,8,10-12,14-15H2,1H3/b7-4+/t20-,22?,26+,27+,28-/m1/s1. The van der Waals surface area contributed by atoms with E-state index in [1.54, 1.807) is 35.6 Å². The van der Waals surface area contributed by atoms with E-state index < -0.39 is 17.1 Å². The Morgan fingerprint density at radius 1 is 1.26 bits per heavy atom. The summed E-state index contributed by atoms with van der Waals surface area (Å²) < 4.78 is 11.7. The molecular formula is C28H32N2O5. The summed E-state index contributed by atoms with van der Waals surface area (Å²) in [7, 11) is 1.82. The van der Waals surface area contributed by atoms with E-state index in [4.69, 9.17) is 9.15 Å². The van der Waals surface area contributed by atoms with E-state index in [-0.39, 0.29) is 23.7 Å². The molecule has 3 aliphatic carbocycles. The number of aromatic hydroxyl groups is 1. The summed E-state index contributed by atoms with van der Waals surface area (Å²) in [5.41, 5.74) is 1.44. The van der Waals surface area contributed by atoms with Crippen LogP contribution in [0.4, 0.5) is 0 Å². The topological polar surface area (TPSA) is 86.4 Å². The molecular weight excluding hydrogens is 444 g/mol. The Labute approximate surface area is 205 Å². The lowest BCUT2D eigenvalue weighted by atomic mass is 9.48. The van der Waals surface area contributed by atoms with Crippen molar-refractivity contribution in [2.75, 3.05) is 20.1 Å². The van der Waals surface area contributed by atoms with E-state index in [2.05, 4.69) is 4.90 Å². The van der Waals surface area contributed by atoms with Gasteiger partial charge in [-0.15, -0.1) is 0 Å². The van der Waals surface area contributed by atoms with Gasteiger partial charge in [0.2, 0.25) is 5.91 Å². The summed E-state index contributed by atoms with van der Waals surface area (Å²) in [5, 5.41) is 23.3. The van der Waals surface area contributed by atoms with Crippen LogP contribution in [0.2, 0.25) is 0 Å². The van der Waals surface area contributed by atoms with Crippen molar-refractivity contribution in [3.8, 4) is 11.5 Å². The first kappa shape index (κ1) is 21.5. The molecule has 2 aliphatic heterocycles. The molecule has 5 aliphatic rings. The van der Waals surface area contributed by atoms with Gasteiger partial charge < -0.3 is 24.3 Å². The molecule has 2 N–H and O–H groups in total. The Bertz CT molecular complexity index is 1200. The number of carbonyl (C=O) groups excluding carboxylic acids is 1. The highest BCUT2D eigenvalue weighted by molar-refractivity contribution is 5.91. The molecule has 2 aromatic rings. The summed E-state index contributed by atoms with van der Waals surface area (Å²) in [5.74, 6) is 1.28. The number of hydrogen-bond donors (Lipinski definition) is 2. The molecule has 3 fully saturated rings. The van der Waals surface area contributed by atoms with Crippen LogP contribution >= 0.6 is 0 Å². The average molecular weight is 477 g/mol. The number of ether oxygens (including phenoxy) is 1. The monoisotopic (exact) mass is 476 g/mol. The lowest BCUT2D eigenvalue weighted by molar-refractivity contribution is -0.200. The Hall–Kier alpha value is -2.77. The smallest absolute Gasteiger partial charge is 0.246 e. The summed E-state index contributed by atoms with van der Waals surface area (Å²) >= 11 is 0. The van der Waals surface area contributed by atoms with Crippen molar-refractivity contribution in [3.63, 3.8) is 0 Å². The molecule has 1 saturated heterocycles. The number of rotatable bonds is 5. The van der Waals surface area contributed by atoms with Crippen LogP contribution < -0.4 is 4.74 Å². The number of piperidine rings is 1. The van der Waals surface area contributed by atoms with Gasteiger partial charge in [-0.25, -0.2) is 0 Å². The van der Waals surface area contributed by atoms with Gasteiger partial charge in [0.05, 0.1) is 29.6 Å². The number of nitrogens with zero attached hydrogens (tertiary/aromatic N) is 2. The molecule has 1 aromatic carbocycles. The molecule has 7 heteroatoms. The highest BCUT2D eigenvalue weighted by Gasteiger charge is 2.73. The van der Waals surface area contributed by atoms with E-state index in [9.17, 15) is 15.0 Å². The normalized spacial score (nSPS) is 35.1. The van der Waals surface area contributed by atoms with Crippen LogP contribution in [0.1, 0.15) is 48.8 Å². The fourth-order valence-electron chi connectivity index (χ4n) is 7.67. The zero-order valence-electron chi connectivity index (χ0n) is 20.0. The Morgan fingerprint density at radius 2 is 2.11 bits per heavy atom. The fraction of sp³-hybridized carbons (Fsp3) is 0.536. The summed E-state index contributed by atoms with van der Waals surface area (Å²) in [6.07, 6.45) is 11.5.